The number of nitrogens with zero attached hydrogens (tertiary/aromatic N) is 1. The first-order valence-corrected chi connectivity index (χ1v) is 8.42. The van der Waals surface area contributed by atoms with Crippen LogP contribution in [0, 0.1) is 0 Å². The molecule has 2 N–H and O–H groups in total. The number of esters is 1. The van der Waals surface area contributed by atoms with Crippen LogP contribution in [0.25, 0.3) is 0 Å². The molecule has 1 rings (SSSR count). The molecule has 1 heterocycles. The van der Waals surface area contributed by atoms with Gasteiger partial charge in [0.2, 0.25) is 5.91 Å². The van der Waals surface area contributed by atoms with Crippen LogP contribution in [0.3, 0.4) is 0 Å². The van der Waals surface area contributed by atoms with Crippen LogP contribution in [0.4, 0.5) is 0 Å². The molecule has 6 heteroatoms. The number of aromatic nitrogens is 1. The van der Waals surface area contributed by atoms with E-state index in [1.165, 1.54) is 7.11 Å². The van der Waals surface area contributed by atoms with Crippen LogP contribution in [0.15, 0.2) is 24.5 Å². The zero-order valence-corrected chi connectivity index (χ0v) is 14.7. The molecule has 0 saturated carbocycles. The highest BCUT2D eigenvalue weighted by atomic mass is 16.5. The second-order valence-corrected chi connectivity index (χ2v) is 6.10. The Morgan fingerprint density at radius 1 is 1.25 bits per heavy atom. The van der Waals surface area contributed by atoms with Gasteiger partial charge in [0.15, 0.2) is 0 Å². The minimum atomic E-state index is -1.02. The third-order valence-corrected chi connectivity index (χ3v) is 3.93. The largest absolute Gasteiger partial charge is 0.467 e. The SMILES string of the molecule is CCCC(O)(CCC)CC(=O)N[C@H](Cc1ccncc1)C(=O)OC. The summed E-state index contributed by atoms with van der Waals surface area (Å²) in [5, 5.41) is 13.3. The molecule has 1 aromatic rings. The van der Waals surface area contributed by atoms with Crippen LogP contribution in [0.2, 0.25) is 0 Å². The third-order valence-electron chi connectivity index (χ3n) is 3.93. The Balaban J connectivity index is 2.75. The number of hydrogen-bond donors (Lipinski definition) is 2. The summed E-state index contributed by atoms with van der Waals surface area (Å²) in [5.74, 6) is -0.849. The summed E-state index contributed by atoms with van der Waals surface area (Å²) in [5.41, 5.74) is -0.150. The molecule has 0 fully saturated rings. The molecule has 1 aromatic heterocycles. The van der Waals surface area contributed by atoms with Crippen molar-refractivity contribution in [2.24, 2.45) is 0 Å². The van der Waals surface area contributed by atoms with E-state index >= 15 is 0 Å². The Morgan fingerprint density at radius 3 is 2.33 bits per heavy atom. The predicted molar refractivity (Wildman–Crippen MR) is 91.3 cm³/mol. The lowest BCUT2D eigenvalue weighted by Gasteiger charge is -2.27. The molecule has 0 aliphatic heterocycles. The quantitative estimate of drug-likeness (QED) is 0.638. The van der Waals surface area contributed by atoms with Gasteiger partial charge in [0, 0.05) is 18.8 Å². The summed E-state index contributed by atoms with van der Waals surface area (Å²) >= 11 is 0. The lowest BCUT2D eigenvalue weighted by molar-refractivity contribution is -0.145. The van der Waals surface area contributed by atoms with Crippen LogP contribution < -0.4 is 5.32 Å². The van der Waals surface area contributed by atoms with Gasteiger partial charge in [-0.25, -0.2) is 4.79 Å². The molecule has 6 nitrogen and oxygen atoms in total. The van der Waals surface area contributed by atoms with Crippen LogP contribution in [0.1, 0.15) is 51.5 Å². The summed E-state index contributed by atoms with van der Waals surface area (Å²) in [6.45, 7) is 3.94. The summed E-state index contributed by atoms with van der Waals surface area (Å²) in [6, 6.07) is 2.79. The van der Waals surface area contributed by atoms with Crippen molar-refractivity contribution in [2.45, 2.75) is 64.0 Å². The molecule has 0 saturated heterocycles. The molecule has 1 amide bonds. The molecule has 0 unspecified atom stereocenters. The maximum absolute atomic E-state index is 12.3. The number of rotatable bonds is 10. The van der Waals surface area contributed by atoms with Gasteiger partial charge in [-0.2, -0.15) is 0 Å². The van der Waals surface area contributed by atoms with Crippen molar-refractivity contribution in [3.05, 3.63) is 30.1 Å². The Bertz CT molecular complexity index is 513. The number of ether oxygens (including phenoxy) is 1. The maximum Gasteiger partial charge on any atom is 0.328 e. The van der Waals surface area contributed by atoms with Crippen molar-refractivity contribution in [1.29, 1.82) is 0 Å². The van der Waals surface area contributed by atoms with Crippen molar-refractivity contribution < 1.29 is 19.4 Å². The van der Waals surface area contributed by atoms with Gasteiger partial charge in [0.1, 0.15) is 6.04 Å². The molecule has 0 spiro atoms. The van der Waals surface area contributed by atoms with Crippen LogP contribution in [0.5, 0.6) is 0 Å². The van der Waals surface area contributed by atoms with Gasteiger partial charge in [-0.05, 0) is 30.5 Å². The predicted octanol–water partition coefficient (Wildman–Crippen LogP) is 2.00. The fourth-order valence-corrected chi connectivity index (χ4v) is 2.87. The van der Waals surface area contributed by atoms with E-state index in [2.05, 4.69) is 10.3 Å². The normalized spacial score (nSPS) is 12.5. The van der Waals surface area contributed by atoms with Crippen molar-refractivity contribution in [1.82, 2.24) is 10.3 Å². The summed E-state index contributed by atoms with van der Waals surface area (Å²) < 4.78 is 4.78. The topological polar surface area (TPSA) is 88.5 Å². The van der Waals surface area contributed by atoms with Crippen LogP contribution in [-0.4, -0.2) is 40.7 Å². The fraction of sp³-hybridized carbons (Fsp3) is 0.611. The zero-order valence-electron chi connectivity index (χ0n) is 14.7. The van der Waals surface area contributed by atoms with E-state index in [1.807, 2.05) is 13.8 Å². The van der Waals surface area contributed by atoms with Crippen LogP contribution >= 0.6 is 0 Å². The van der Waals surface area contributed by atoms with E-state index < -0.39 is 17.6 Å². The van der Waals surface area contributed by atoms with Gasteiger partial charge < -0.3 is 15.2 Å². The van der Waals surface area contributed by atoms with Gasteiger partial charge in [0.05, 0.1) is 19.1 Å². The maximum atomic E-state index is 12.3. The highest BCUT2D eigenvalue weighted by Crippen LogP contribution is 2.23. The standard InChI is InChI=1S/C18H28N2O4/c1-4-8-18(23,9-5-2)13-16(21)20-15(17(22)24-3)12-14-6-10-19-11-7-14/h6-7,10-11,15,23H,4-5,8-9,12-13H2,1-3H3,(H,20,21)/t15-/m1/s1. The molecule has 0 aliphatic rings. The van der Waals surface area contributed by atoms with Gasteiger partial charge in [0.25, 0.3) is 0 Å². The highest BCUT2D eigenvalue weighted by molar-refractivity contribution is 5.85. The second-order valence-electron chi connectivity index (χ2n) is 6.10. The van der Waals surface area contributed by atoms with Gasteiger partial charge in [-0.15, -0.1) is 0 Å². The first-order chi connectivity index (χ1) is 11.4. The van der Waals surface area contributed by atoms with Gasteiger partial charge >= 0.3 is 5.97 Å². The summed E-state index contributed by atoms with van der Waals surface area (Å²) in [7, 11) is 1.29. The van der Waals surface area contributed by atoms with E-state index in [4.69, 9.17) is 4.74 Å². The molecule has 0 radical (unpaired) electrons. The number of carbonyl (C=O) groups excluding carboxylic acids is 2. The Hall–Kier alpha value is -1.95. The molecule has 0 aromatic carbocycles. The fourth-order valence-electron chi connectivity index (χ4n) is 2.87. The number of nitrogens with one attached hydrogen (secondary N) is 1. The van der Waals surface area contributed by atoms with E-state index in [-0.39, 0.29) is 12.3 Å². The zero-order chi connectivity index (χ0) is 18.0. The van der Waals surface area contributed by atoms with E-state index in [0.717, 1.165) is 18.4 Å². The number of carbonyl (C=O) groups is 2. The summed E-state index contributed by atoms with van der Waals surface area (Å²) in [4.78, 5) is 28.2. The van der Waals surface area contributed by atoms with Crippen molar-refractivity contribution in [3.63, 3.8) is 0 Å². The average Bonchev–Trinajstić information content (AvgIpc) is 2.54. The first kappa shape index (κ1) is 20.1. The Morgan fingerprint density at radius 2 is 1.83 bits per heavy atom. The number of aliphatic hydroxyl groups is 1. The summed E-state index contributed by atoms with van der Waals surface area (Å²) in [6.07, 6.45) is 6.27. The van der Waals surface area contributed by atoms with E-state index in [1.54, 1.807) is 24.5 Å². The average molecular weight is 336 g/mol. The number of methoxy groups -OCH3 is 1. The highest BCUT2D eigenvalue weighted by Gasteiger charge is 2.30. The monoisotopic (exact) mass is 336 g/mol. The minimum absolute atomic E-state index is 0.0154. The third kappa shape index (κ3) is 6.66. The molecule has 1 atom stereocenters. The lowest BCUT2D eigenvalue weighted by atomic mass is 9.89. The molecule has 134 valence electrons. The molecular formula is C18H28N2O4. The smallest absolute Gasteiger partial charge is 0.328 e. The van der Waals surface area contributed by atoms with Crippen molar-refractivity contribution >= 4 is 11.9 Å². The Kier molecular flexibility index (Phi) is 8.40. The van der Waals surface area contributed by atoms with Crippen LogP contribution in [-0.2, 0) is 20.7 Å². The van der Waals surface area contributed by atoms with Crippen molar-refractivity contribution in [3.8, 4) is 0 Å². The van der Waals surface area contributed by atoms with Crippen molar-refractivity contribution in [2.75, 3.05) is 7.11 Å². The van der Waals surface area contributed by atoms with Gasteiger partial charge in [-0.1, -0.05) is 26.7 Å². The molecule has 0 bridgehead atoms. The molecule has 0 aliphatic carbocycles. The first-order valence-electron chi connectivity index (χ1n) is 8.42. The number of hydrogen-bond acceptors (Lipinski definition) is 5. The number of pyridine rings is 1. The van der Waals surface area contributed by atoms with Gasteiger partial charge in [-0.3, -0.25) is 9.78 Å². The van der Waals surface area contributed by atoms with E-state index in [0.29, 0.717) is 19.3 Å². The molecule has 24 heavy (non-hydrogen) atoms. The minimum Gasteiger partial charge on any atom is -0.467 e. The number of amides is 1. The molecular weight excluding hydrogens is 308 g/mol. The van der Waals surface area contributed by atoms with E-state index in [9.17, 15) is 14.7 Å². The lowest BCUT2D eigenvalue weighted by Crippen LogP contribution is -2.46. The Labute approximate surface area is 143 Å². The second kappa shape index (κ2) is 10.0.